The predicted octanol–water partition coefficient (Wildman–Crippen LogP) is 4.02. The zero-order chi connectivity index (χ0) is 13.5. The molecule has 0 aliphatic heterocycles. The van der Waals surface area contributed by atoms with E-state index in [1.165, 1.54) is 5.38 Å². The van der Waals surface area contributed by atoms with Gasteiger partial charge in [-0.15, -0.1) is 0 Å². The molecule has 0 aromatic carbocycles. The number of aryl methyl sites for hydroxylation is 2. The van der Waals surface area contributed by atoms with Gasteiger partial charge >= 0.3 is 6.18 Å². The van der Waals surface area contributed by atoms with Gasteiger partial charge in [0.05, 0.1) is 11.6 Å². The Hall–Kier alpha value is -1.27. The lowest BCUT2D eigenvalue weighted by Crippen LogP contribution is -2.16. The maximum absolute atomic E-state index is 12.8. The Morgan fingerprint density at radius 2 is 1.89 bits per heavy atom. The number of nitrogens with two attached hydrogens (primary N) is 1. The minimum atomic E-state index is -4.38. The van der Waals surface area contributed by atoms with Crippen LogP contribution in [-0.4, -0.2) is 0 Å². The highest BCUT2D eigenvalue weighted by Crippen LogP contribution is 2.38. The molecule has 0 bridgehead atoms. The highest BCUT2D eigenvalue weighted by molar-refractivity contribution is 7.08. The van der Waals surface area contributed by atoms with Crippen LogP contribution < -0.4 is 5.73 Å². The molecule has 0 radical (unpaired) electrons. The molecule has 0 saturated heterocycles. The highest BCUT2D eigenvalue weighted by atomic mass is 32.1. The van der Waals surface area contributed by atoms with Gasteiger partial charge in [-0.2, -0.15) is 24.5 Å². The molecule has 0 saturated carbocycles. The van der Waals surface area contributed by atoms with Crippen LogP contribution in [0.4, 0.5) is 13.2 Å². The van der Waals surface area contributed by atoms with Crippen molar-refractivity contribution in [3.63, 3.8) is 0 Å². The molecule has 2 nitrogen and oxygen atoms in total. The normalized spacial score (nSPS) is 13.9. The van der Waals surface area contributed by atoms with Crippen LogP contribution in [0.3, 0.4) is 0 Å². The van der Waals surface area contributed by atoms with E-state index in [0.29, 0.717) is 17.1 Å². The lowest BCUT2D eigenvalue weighted by molar-refractivity contribution is -0.138. The molecule has 1 atom stereocenters. The Morgan fingerprint density at radius 1 is 1.22 bits per heavy atom. The number of alkyl halides is 3. The summed E-state index contributed by atoms with van der Waals surface area (Å²) >= 11 is 0.998. The summed E-state index contributed by atoms with van der Waals surface area (Å²) < 4.78 is 43.7. The van der Waals surface area contributed by atoms with Crippen LogP contribution in [0, 0.1) is 13.8 Å². The molecule has 0 fully saturated rings. The molecule has 2 aromatic heterocycles. The Bertz CT molecular complexity index is 556. The molecule has 0 aliphatic rings. The number of halogens is 3. The molecule has 98 valence electrons. The van der Waals surface area contributed by atoms with Crippen LogP contribution in [0.25, 0.3) is 0 Å². The Labute approximate surface area is 106 Å². The van der Waals surface area contributed by atoms with E-state index in [1.54, 1.807) is 19.9 Å². The third kappa shape index (κ3) is 2.30. The van der Waals surface area contributed by atoms with Crippen LogP contribution in [-0.2, 0) is 6.18 Å². The summed E-state index contributed by atoms with van der Waals surface area (Å²) in [7, 11) is 0. The molecule has 0 amide bonds. The summed E-state index contributed by atoms with van der Waals surface area (Å²) in [5, 5.41) is 2.52. The second-order valence-electron chi connectivity index (χ2n) is 4.08. The second-order valence-corrected chi connectivity index (χ2v) is 4.83. The molecule has 2 N–H and O–H groups in total. The van der Waals surface area contributed by atoms with E-state index in [4.69, 9.17) is 10.2 Å². The van der Waals surface area contributed by atoms with Crippen LogP contribution in [0.15, 0.2) is 21.2 Å². The van der Waals surface area contributed by atoms with Crippen molar-refractivity contribution in [1.29, 1.82) is 0 Å². The van der Waals surface area contributed by atoms with Gasteiger partial charge in [-0.05, 0) is 30.9 Å². The third-order valence-electron chi connectivity index (χ3n) is 2.75. The molecule has 0 aliphatic carbocycles. The zero-order valence-electron chi connectivity index (χ0n) is 9.84. The van der Waals surface area contributed by atoms with Gasteiger partial charge in [0.1, 0.15) is 11.5 Å². The molecule has 2 aromatic rings. The van der Waals surface area contributed by atoms with Gasteiger partial charge in [0.15, 0.2) is 0 Å². The maximum atomic E-state index is 12.8. The first-order chi connectivity index (χ1) is 8.30. The van der Waals surface area contributed by atoms with E-state index < -0.39 is 17.8 Å². The smallest absolute Gasteiger partial charge is 0.417 e. The van der Waals surface area contributed by atoms with E-state index in [9.17, 15) is 13.2 Å². The van der Waals surface area contributed by atoms with Crippen molar-refractivity contribution in [3.05, 3.63) is 45.0 Å². The van der Waals surface area contributed by atoms with E-state index in [0.717, 1.165) is 16.7 Å². The first kappa shape index (κ1) is 13.2. The van der Waals surface area contributed by atoms with Crippen molar-refractivity contribution in [2.24, 2.45) is 5.73 Å². The van der Waals surface area contributed by atoms with Crippen molar-refractivity contribution < 1.29 is 17.6 Å². The topological polar surface area (TPSA) is 39.2 Å². The molecule has 6 heteroatoms. The number of hydrogen-bond donors (Lipinski definition) is 1. The summed E-state index contributed by atoms with van der Waals surface area (Å²) in [6.07, 6.45) is -4.38. The van der Waals surface area contributed by atoms with Crippen LogP contribution in [0.2, 0.25) is 0 Å². The third-order valence-corrected chi connectivity index (χ3v) is 3.51. The Kier molecular flexibility index (Phi) is 3.25. The Balaban J connectivity index is 2.44. The fourth-order valence-corrected chi connectivity index (χ4v) is 2.80. The van der Waals surface area contributed by atoms with Gasteiger partial charge in [-0.1, -0.05) is 0 Å². The van der Waals surface area contributed by atoms with Gasteiger partial charge in [0, 0.05) is 10.9 Å². The van der Waals surface area contributed by atoms with Gasteiger partial charge < -0.3 is 10.2 Å². The molecule has 2 rings (SSSR count). The van der Waals surface area contributed by atoms with Gasteiger partial charge in [0.25, 0.3) is 0 Å². The second kappa shape index (κ2) is 4.44. The molecule has 18 heavy (non-hydrogen) atoms. The fraction of sp³-hybridized carbons (Fsp3) is 0.333. The predicted molar refractivity (Wildman–Crippen MR) is 63.5 cm³/mol. The molecular formula is C12H12F3NOS. The first-order valence-electron chi connectivity index (χ1n) is 5.26. The largest absolute Gasteiger partial charge is 0.466 e. The molecular weight excluding hydrogens is 263 g/mol. The lowest BCUT2D eigenvalue weighted by Gasteiger charge is -2.14. The van der Waals surface area contributed by atoms with E-state index >= 15 is 0 Å². The van der Waals surface area contributed by atoms with E-state index in [-0.39, 0.29) is 5.56 Å². The van der Waals surface area contributed by atoms with Crippen molar-refractivity contribution in [3.8, 4) is 0 Å². The minimum absolute atomic E-state index is 0.0939. The standard InChI is InChI=1S/C12H12F3NOS/c1-6-3-8(7(2)17-6)11(16)9-4-18-5-10(9)12(13,14)15/h3-5,11H,16H2,1-2H3. The number of thiophene rings is 1. The summed E-state index contributed by atoms with van der Waals surface area (Å²) in [4.78, 5) is 0. The van der Waals surface area contributed by atoms with Crippen LogP contribution >= 0.6 is 11.3 Å². The first-order valence-corrected chi connectivity index (χ1v) is 6.20. The molecule has 1 unspecified atom stereocenters. The average Bonchev–Trinajstić information content (AvgIpc) is 2.82. The van der Waals surface area contributed by atoms with Gasteiger partial charge in [-0.3, -0.25) is 0 Å². The number of hydrogen-bond acceptors (Lipinski definition) is 3. The number of rotatable bonds is 2. The summed E-state index contributed by atoms with van der Waals surface area (Å²) in [5.41, 5.74) is 5.94. The maximum Gasteiger partial charge on any atom is 0.417 e. The average molecular weight is 275 g/mol. The zero-order valence-corrected chi connectivity index (χ0v) is 10.7. The summed E-state index contributed by atoms with van der Waals surface area (Å²) in [5.74, 6) is 1.20. The fourth-order valence-electron chi connectivity index (χ4n) is 1.90. The Morgan fingerprint density at radius 3 is 2.39 bits per heavy atom. The summed E-state index contributed by atoms with van der Waals surface area (Å²) in [6, 6.07) is 0.864. The van der Waals surface area contributed by atoms with Crippen molar-refractivity contribution in [2.75, 3.05) is 0 Å². The van der Waals surface area contributed by atoms with Gasteiger partial charge in [0.2, 0.25) is 0 Å². The van der Waals surface area contributed by atoms with Gasteiger partial charge in [-0.25, -0.2) is 0 Å². The SMILES string of the molecule is Cc1cc(C(N)c2cscc2C(F)(F)F)c(C)o1. The molecule has 0 spiro atoms. The number of furan rings is 1. The van der Waals surface area contributed by atoms with Crippen LogP contribution in [0.1, 0.15) is 34.3 Å². The lowest BCUT2D eigenvalue weighted by atomic mass is 9.99. The quantitative estimate of drug-likeness (QED) is 0.899. The molecule has 2 heterocycles. The highest BCUT2D eigenvalue weighted by Gasteiger charge is 2.36. The monoisotopic (exact) mass is 275 g/mol. The summed E-state index contributed by atoms with van der Waals surface area (Å²) in [6.45, 7) is 3.43. The van der Waals surface area contributed by atoms with Crippen LogP contribution in [0.5, 0.6) is 0 Å². The van der Waals surface area contributed by atoms with E-state index in [2.05, 4.69) is 0 Å². The minimum Gasteiger partial charge on any atom is -0.466 e. The van der Waals surface area contributed by atoms with Crippen molar-refractivity contribution >= 4 is 11.3 Å². The van der Waals surface area contributed by atoms with Crippen molar-refractivity contribution in [2.45, 2.75) is 26.1 Å². The van der Waals surface area contributed by atoms with Crippen molar-refractivity contribution in [1.82, 2.24) is 0 Å². The van der Waals surface area contributed by atoms with E-state index in [1.807, 2.05) is 0 Å².